The first kappa shape index (κ1) is 17.8. The van der Waals surface area contributed by atoms with Crippen molar-refractivity contribution >= 4 is 23.5 Å². The number of halogens is 1. The highest BCUT2D eigenvalue weighted by Gasteiger charge is 2.33. The zero-order valence-electron chi connectivity index (χ0n) is 14.4. The fourth-order valence-corrected chi connectivity index (χ4v) is 2.98. The summed E-state index contributed by atoms with van der Waals surface area (Å²) in [6, 6.07) is 0. The van der Waals surface area contributed by atoms with Crippen LogP contribution in [-0.2, 0) is 23.0 Å². The fraction of sp³-hybridized carbons (Fsp3) is 0.688. The van der Waals surface area contributed by atoms with E-state index in [9.17, 15) is 9.59 Å². The van der Waals surface area contributed by atoms with E-state index in [1.165, 1.54) is 0 Å². The molecule has 1 atom stereocenters. The number of carbonyl (C=O) groups excluding carboxylic acids is 2. The molecule has 0 aliphatic carbocycles. The Hall–Kier alpha value is -1.56. The minimum atomic E-state index is -0.544. The van der Waals surface area contributed by atoms with Crippen LogP contribution in [-0.4, -0.2) is 45.2 Å². The Balaban J connectivity index is 2.09. The molecule has 1 aliphatic rings. The van der Waals surface area contributed by atoms with Crippen molar-refractivity contribution < 1.29 is 14.3 Å². The van der Waals surface area contributed by atoms with Crippen molar-refractivity contribution in [3.8, 4) is 0 Å². The monoisotopic (exact) mass is 341 g/mol. The van der Waals surface area contributed by atoms with E-state index in [-0.39, 0.29) is 17.8 Å². The SMILES string of the molecule is Cc1nn(C)c(Cl)c1CC1CN(C(=O)OC(C)(C)C)CCC1=O. The molecule has 0 radical (unpaired) electrons. The van der Waals surface area contributed by atoms with Gasteiger partial charge >= 0.3 is 6.09 Å². The van der Waals surface area contributed by atoms with E-state index >= 15 is 0 Å². The Kier molecular flexibility index (Phi) is 5.04. The second kappa shape index (κ2) is 6.51. The number of ether oxygens (including phenoxy) is 1. The van der Waals surface area contributed by atoms with Crippen LogP contribution in [0.25, 0.3) is 0 Å². The van der Waals surface area contributed by atoms with Crippen molar-refractivity contribution in [1.82, 2.24) is 14.7 Å². The third-order valence-electron chi connectivity index (χ3n) is 3.90. The number of carbonyl (C=O) groups is 2. The Morgan fingerprint density at radius 3 is 2.61 bits per heavy atom. The molecule has 0 N–H and O–H groups in total. The average Bonchev–Trinajstić information content (AvgIpc) is 2.65. The predicted octanol–water partition coefficient (Wildman–Crippen LogP) is 2.75. The maximum absolute atomic E-state index is 12.2. The topological polar surface area (TPSA) is 64.4 Å². The standard InChI is InChI=1S/C16H24ClN3O3/c1-10-12(14(17)19(5)18-10)8-11-9-20(7-6-13(11)21)15(22)23-16(2,3)4/h11H,6-9H2,1-5H3. The summed E-state index contributed by atoms with van der Waals surface area (Å²) in [4.78, 5) is 26.0. The highest BCUT2D eigenvalue weighted by molar-refractivity contribution is 6.30. The van der Waals surface area contributed by atoms with Crippen LogP contribution in [0.15, 0.2) is 0 Å². The first-order valence-corrected chi connectivity index (χ1v) is 8.15. The lowest BCUT2D eigenvalue weighted by Gasteiger charge is -2.33. The lowest BCUT2D eigenvalue weighted by Crippen LogP contribution is -2.46. The number of aryl methyl sites for hydroxylation is 2. The van der Waals surface area contributed by atoms with Crippen LogP contribution in [0, 0.1) is 12.8 Å². The van der Waals surface area contributed by atoms with E-state index in [4.69, 9.17) is 16.3 Å². The third-order valence-corrected chi connectivity index (χ3v) is 4.37. The zero-order chi connectivity index (χ0) is 17.4. The van der Waals surface area contributed by atoms with Crippen LogP contribution in [0.2, 0.25) is 5.15 Å². The number of likely N-dealkylation sites (tertiary alicyclic amines) is 1. The average molecular weight is 342 g/mol. The minimum absolute atomic E-state index is 0.157. The van der Waals surface area contributed by atoms with Crippen LogP contribution in [0.4, 0.5) is 4.79 Å². The Morgan fingerprint density at radius 2 is 2.09 bits per heavy atom. The van der Waals surface area contributed by atoms with Gasteiger partial charge in [0.2, 0.25) is 0 Å². The second-order valence-corrected chi connectivity index (χ2v) is 7.38. The molecule has 2 rings (SSSR count). The van der Waals surface area contributed by atoms with Gasteiger partial charge in [0.05, 0.1) is 5.69 Å². The van der Waals surface area contributed by atoms with Gasteiger partial charge in [-0.25, -0.2) is 4.79 Å². The molecular formula is C16H24ClN3O3. The first-order valence-electron chi connectivity index (χ1n) is 7.77. The normalized spacial score (nSPS) is 19.1. The van der Waals surface area contributed by atoms with Crippen LogP contribution >= 0.6 is 11.6 Å². The van der Waals surface area contributed by atoms with Gasteiger partial charge in [0, 0.05) is 38.0 Å². The van der Waals surface area contributed by atoms with E-state index in [0.717, 1.165) is 11.3 Å². The van der Waals surface area contributed by atoms with Gasteiger partial charge in [0.15, 0.2) is 0 Å². The van der Waals surface area contributed by atoms with Gasteiger partial charge in [-0.15, -0.1) is 0 Å². The Morgan fingerprint density at radius 1 is 1.43 bits per heavy atom. The van der Waals surface area contributed by atoms with Crippen molar-refractivity contribution in [3.63, 3.8) is 0 Å². The molecule has 0 aromatic carbocycles. The summed E-state index contributed by atoms with van der Waals surface area (Å²) in [6.07, 6.45) is 0.473. The fourth-order valence-electron chi connectivity index (χ4n) is 2.73. The highest BCUT2D eigenvalue weighted by Crippen LogP contribution is 2.26. The lowest BCUT2D eigenvalue weighted by atomic mass is 9.90. The van der Waals surface area contributed by atoms with Crippen LogP contribution in [0.1, 0.15) is 38.4 Å². The van der Waals surface area contributed by atoms with E-state index in [0.29, 0.717) is 31.1 Å². The van der Waals surface area contributed by atoms with E-state index < -0.39 is 5.60 Å². The van der Waals surface area contributed by atoms with Crippen LogP contribution < -0.4 is 0 Å². The molecule has 0 bridgehead atoms. The quantitative estimate of drug-likeness (QED) is 0.829. The predicted molar refractivity (Wildman–Crippen MR) is 87.6 cm³/mol. The van der Waals surface area contributed by atoms with Crippen molar-refractivity contribution in [2.75, 3.05) is 13.1 Å². The van der Waals surface area contributed by atoms with Crippen LogP contribution in [0.3, 0.4) is 0 Å². The minimum Gasteiger partial charge on any atom is -0.444 e. The highest BCUT2D eigenvalue weighted by atomic mass is 35.5. The van der Waals surface area contributed by atoms with Crippen molar-refractivity contribution in [3.05, 3.63) is 16.4 Å². The molecule has 128 valence electrons. The van der Waals surface area contributed by atoms with Crippen molar-refractivity contribution in [2.24, 2.45) is 13.0 Å². The molecule has 1 unspecified atom stereocenters. The van der Waals surface area contributed by atoms with Crippen molar-refractivity contribution in [2.45, 2.75) is 46.1 Å². The number of nitrogens with zero attached hydrogens (tertiary/aromatic N) is 3. The maximum atomic E-state index is 12.2. The zero-order valence-corrected chi connectivity index (χ0v) is 15.1. The number of ketones is 1. The van der Waals surface area contributed by atoms with E-state index in [2.05, 4.69) is 5.10 Å². The number of rotatable bonds is 2. The number of amides is 1. The Bertz CT molecular complexity index is 619. The third kappa shape index (κ3) is 4.25. The molecule has 0 spiro atoms. The molecule has 2 heterocycles. The number of hydrogen-bond acceptors (Lipinski definition) is 4. The van der Waals surface area contributed by atoms with E-state index in [1.807, 2.05) is 27.7 Å². The summed E-state index contributed by atoms with van der Waals surface area (Å²) >= 11 is 6.25. The van der Waals surface area contributed by atoms with Gasteiger partial charge in [-0.05, 0) is 34.1 Å². The largest absolute Gasteiger partial charge is 0.444 e. The van der Waals surface area contributed by atoms with Gasteiger partial charge in [-0.3, -0.25) is 9.48 Å². The summed E-state index contributed by atoms with van der Waals surface area (Å²) in [5, 5.41) is 4.82. The summed E-state index contributed by atoms with van der Waals surface area (Å²) in [5.74, 6) is -0.110. The molecule has 1 fully saturated rings. The second-order valence-electron chi connectivity index (χ2n) is 7.02. The number of piperidine rings is 1. The van der Waals surface area contributed by atoms with Gasteiger partial charge in [-0.2, -0.15) is 5.10 Å². The molecule has 1 aromatic heterocycles. The molecule has 1 saturated heterocycles. The molecule has 1 aromatic rings. The van der Waals surface area contributed by atoms with Crippen LogP contribution in [0.5, 0.6) is 0 Å². The van der Waals surface area contributed by atoms with Gasteiger partial charge in [0.25, 0.3) is 0 Å². The Labute approximate surface area is 141 Å². The molecule has 7 heteroatoms. The lowest BCUT2D eigenvalue weighted by molar-refractivity contribution is -0.125. The van der Waals surface area contributed by atoms with Gasteiger partial charge in [0.1, 0.15) is 16.5 Å². The van der Waals surface area contributed by atoms with Gasteiger partial charge < -0.3 is 9.64 Å². The molecule has 1 aliphatic heterocycles. The number of Topliss-reactive ketones (excluding diaryl/α,β-unsaturated/α-hetero) is 1. The molecule has 6 nitrogen and oxygen atoms in total. The maximum Gasteiger partial charge on any atom is 0.410 e. The number of aromatic nitrogens is 2. The summed E-state index contributed by atoms with van der Waals surface area (Å²) in [5.41, 5.74) is 1.15. The molecular weight excluding hydrogens is 318 g/mol. The molecule has 1 amide bonds. The van der Waals surface area contributed by atoms with Gasteiger partial charge in [-0.1, -0.05) is 11.6 Å². The number of hydrogen-bond donors (Lipinski definition) is 0. The smallest absolute Gasteiger partial charge is 0.410 e. The summed E-state index contributed by atoms with van der Waals surface area (Å²) in [7, 11) is 1.77. The first-order chi connectivity index (χ1) is 10.6. The van der Waals surface area contributed by atoms with E-state index in [1.54, 1.807) is 16.6 Å². The molecule has 0 saturated carbocycles. The summed E-state index contributed by atoms with van der Waals surface area (Å²) < 4.78 is 7.00. The molecule has 23 heavy (non-hydrogen) atoms. The van der Waals surface area contributed by atoms with Crippen molar-refractivity contribution in [1.29, 1.82) is 0 Å². The summed E-state index contributed by atoms with van der Waals surface area (Å²) in [6.45, 7) is 8.13.